The van der Waals surface area contributed by atoms with Crippen LogP contribution in [0.5, 0.6) is 0 Å². The maximum Gasteiger partial charge on any atom is 0.0471 e. The Labute approximate surface area is 110 Å². The van der Waals surface area contributed by atoms with Crippen molar-refractivity contribution in [3.63, 3.8) is 0 Å². The van der Waals surface area contributed by atoms with Gasteiger partial charge in [0.15, 0.2) is 0 Å². The molecule has 0 bridgehead atoms. The third-order valence-electron chi connectivity index (χ3n) is 2.44. The van der Waals surface area contributed by atoms with Crippen LogP contribution in [0.2, 0.25) is 5.02 Å². The van der Waals surface area contributed by atoms with Gasteiger partial charge in [0, 0.05) is 15.5 Å². The van der Waals surface area contributed by atoms with Crippen molar-refractivity contribution >= 4 is 27.5 Å². The molecule has 0 spiro atoms. The Morgan fingerprint density at radius 2 is 2.31 bits per heavy atom. The minimum absolute atomic E-state index is 0.119. The molecule has 1 unspecified atom stereocenters. The van der Waals surface area contributed by atoms with Crippen molar-refractivity contribution in [2.75, 3.05) is 0 Å². The molecule has 2 nitrogen and oxygen atoms in total. The predicted molar refractivity (Wildman–Crippen MR) is 73.3 cm³/mol. The van der Waals surface area contributed by atoms with Crippen LogP contribution in [-0.2, 0) is 0 Å². The van der Waals surface area contributed by atoms with Crippen molar-refractivity contribution in [2.45, 2.75) is 25.3 Å². The number of allylic oxidation sites excluding steroid dienone is 1. The number of nitrogens with one attached hydrogen (secondary N) is 1. The molecule has 1 rings (SSSR count). The molecular formula is C12H16BrClN2. The number of hydrogen-bond acceptors (Lipinski definition) is 2. The highest BCUT2D eigenvalue weighted by molar-refractivity contribution is 9.10. The summed E-state index contributed by atoms with van der Waals surface area (Å²) in [5, 5.41) is 0.724. The highest BCUT2D eigenvalue weighted by Gasteiger charge is 2.12. The van der Waals surface area contributed by atoms with Gasteiger partial charge in [-0.3, -0.25) is 11.3 Å². The van der Waals surface area contributed by atoms with Gasteiger partial charge in [-0.15, -0.1) is 6.58 Å². The topological polar surface area (TPSA) is 38.0 Å². The molecule has 0 saturated carbocycles. The summed E-state index contributed by atoms with van der Waals surface area (Å²) in [7, 11) is 0. The summed E-state index contributed by atoms with van der Waals surface area (Å²) in [6.07, 6.45) is 4.93. The van der Waals surface area contributed by atoms with Gasteiger partial charge >= 0.3 is 0 Å². The summed E-state index contributed by atoms with van der Waals surface area (Å²) < 4.78 is 1.03. The first-order valence-electron chi connectivity index (χ1n) is 5.21. The summed E-state index contributed by atoms with van der Waals surface area (Å²) in [5.41, 5.74) is 3.92. The SMILES string of the molecule is C=CCCCC(NN)c1cc(Cl)ccc1Br. The van der Waals surface area contributed by atoms with E-state index in [0.29, 0.717) is 0 Å². The molecule has 0 aliphatic carbocycles. The smallest absolute Gasteiger partial charge is 0.0471 e. The zero-order valence-electron chi connectivity index (χ0n) is 9.05. The quantitative estimate of drug-likeness (QED) is 0.361. The van der Waals surface area contributed by atoms with Crippen molar-refractivity contribution in [1.82, 2.24) is 5.43 Å². The molecule has 1 atom stereocenters. The van der Waals surface area contributed by atoms with E-state index in [2.05, 4.69) is 27.9 Å². The van der Waals surface area contributed by atoms with Crippen molar-refractivity contribution in [3.05, 3.63) is 45.9 Å². The molecule has 0 amide bonds. The molecule has 1 aromatic rings. The molecular weight excluding hydrogens is 288 g/mol. The van der Waals surface area contributed by atoms with Gasteiger partial charge in [-0.2, -0.15) is 0 Å². The van der Waals surface area contributed by atoms with Gasteiger partial charge in [0.1, 0.15) is 0 Å². The maximum absolute atomic E-state index is 5.97. The fourth-order valence-electron chi connectivity index (χ4n) is 1.58. The van der Waals surface area contributed by atoms with Crippen LogP contribution < -0.4 is 11.3 Å². The highest BCUT2D eigenvalue weighted by atomic mass is 79.9. The van der Waals surface area contributed by atoms with Gasteiger partial charge in [-0.1, -0.05) is 33.6 Å². The molecule has 88 valence electrons. The van der Waals surface area contributed by atoms with E-state index in [0.717, 1.165) is 34.3 Å². The fourth-order valence-corrected chi connectivity index (χ4v) is 2.28. The first kappa shape index (κ1) is 13.7. The summed E-state index contributed by atoms with van der Waals surface area (Å²) >= 11 is 9.48. The molecule has 0 radical (unpaired) electrons. The van der Waals surface area contributed by atoms with Crippen LogP contribution in [0.25, 0.3) is 0 Å². The van der Waals surface area contributed by atoms with E-state index in [1.54, 1.807) is 0 Å². The first-order chi connectivity index (χ1) is 7.69. The summed E-state index contributed by atoms with van der Waals surface area (Å²) in [5.74, 6) is 5.57. The monoisotopic (exact) mass is 302 g/mol. The van der Waals surface area contributed by atoms with Crippen LogP contribution in [0.15, 0.2) is 35.3 Å². The number of hydrogen-bond donors (Lipinski definition) is 2. The first-order valence-corrected chi connectivity index (χ1v) is 6.38. The normalized spacial score (nSPS) is 12.4. The van der Waals surface area contributed by atoms with Crippen molar-refractivity contribution in [1.29, 1.82) is 0 Å². The lowest BCUT2D eigenvalue weighted by Crippen LogP contribution is -2.28. The Morgan fingerprint density at radius 3 is 2.94 bits per heavy atom. The molecule has 0 fully saturated rings. The van der Waals surface area contributed by atoms with E-state index >= 15 is 0 Å². The number of unbranched alkanes of at least 4 members (excludes halogenated alkanes) is 1. The van der Waals surface area contributed by atoms with Gasteiger partial charge in [0.25, 0.3) is 0 Å². The van der Waals surface area contributed by atoms with Crippen molar-refractivity contribution in [2.24, 2.45) is 5.84 Å². The molecule has 16 heavy (non-hydrogen) atoms. The Balaban J connectivity index is 2.77. The molecule has 0 heterocycles. The van der Waals surface area contributed by atoms with E-state index in [-0.39, 0.29) is 6.04 Å². The van der Waals surface area contributed by atoms with Crippen LogP contribution in [0.4, 0.5) is 0 Å². The molecule has 3 N–H and O–H groups in total. The molecule has 0 saturated heterocycles. The van der Waals surface area contributed by atoms with Crippen LogP contribution in [0.1, 0.15) is 30.9 Å². The number of rotatable bonds is 6. The van der Waals surface area contributed by atoms with E-state index in [1.807, 2.05) is 24.3 Å². The molecule has 1 aromatic carbocycles. The fraction of sp³-hybridized carbons (Fsp3) is 0.333. The van der Waals surface area contributed by atoms with E-state index < -0.39 is 0 Å². The number of benzene rings is 1. The number of hydrazine groups is 1. The average Bonchev–Trinajstić information content (AvgIpc) is 2.28. The Morgan fingerprint density at radius 1 is 1.56 bits per heavy atom. The van der Waals surface area contributed by atoms with Crippen LogP contribution in [0.3, 0.4) is 0 Å². The standard InChI is InChI=1S/C12H16BrClN2/c1-2-3-4-5-12(16-15)10-8-9(14)6-7-11(10)13/h2,6-8,12,16H,1,3-5,15H2. The molecule has 0 aromatic heterocycles. The van der Waals surface area contributed by atoms with Crippen molar-refractivity contribution in [3.8, 4) is 0 Å². The summed E-state index contributed by atoms with van der Waals surface area (Å²) in [6, 6.07) is 5.85. The predicted octanol–water partition coefficient (Wildman–Crippen LogP) is 3.96. The highest BCUT2D eigenvalue weighted by Crippen LogP contribution is 2.29. The Hall–Kier alpha value is -0.350. The maximum atomic E-state index is 5.97. The molecule has 0 aliphatic heterocycles. The lowest BCUT2D eigenvalue weighted by molar-refractivity contribution is 0.499. The average molecular weight is 304 g/mol. The van der Waals surface area contributed by atoms with Gasteiger partial charge in [0.05, 0.1) is 0 Å². The second-order valence-corrected chi connectivity index (χ2v) is 4.90. The van der Waals surface area contributed by atoms with E-state index in [1.165, 1.54) is 0 Å². The lowest BCUT2D eigenvalue weighted by Gasteiger charge is -2.17. The third kappa shape index (κ3) is 3.91. The minimum atomic E-state index is 0.119. The van der Waals surface area contributed by atoms with E-state index in [4.69, 9.17) is 17.4 Å². The van der Waals surface area contributed by atoms with Crippen LogP contribution in [-0.4, -0.2) is 0 Å². The molecule has 4 heteroatoms. The zero-order valence-corrected chi connectivity index (χ0v) is 11.4. The van der Waals surface area contributed by atoms with Gasteiger partial charge in [0.2, 0.25) is 0 Å². The molecule has 0 aliphatic rings. The van der Waals surface area contributed by atoms with Crippen molar-refractivity contribution < 1.29 is 0 Å². The van der Waals surface area contributed by atoms with Gasteiger partial charge < -0.3 is 0 Å². The van der Waals surface area contributed by atoms with Crippen LogP contribution in [0, 0.1) is 0 Å². The number of halogens is 2. The zero-order chi connectivity index (χ0) is 12.0. The minimum Gasteiger partial charge on any atom is -0.271 e. The largest absolute Gasteiger partial charge is 0.271 e. The Bertz CT molecular complexity index is 355. The summed E-state index contributed by atoms with van der Waals surface area (Å²) in [4.78, 5) is 0. The van der Waals surface area contributed by atoms with Gasteiger partial charge in [-0.05, 0) is 43.0 Å². The Kier molecular flexibility index (Phi) is 6.06. The second-order valence-electron chi connectivity index (χ2n) is 3.60. The van der Waals surface area contributed by atoms with E-state index in [9.17, 15) is 0 Å². The van der Waals surface area contributed by atoms with Gasteiger partial charge in [-0.25, -0.2) is 0 Å². The lowest BCUT2D eigenvalue weighted by atomic mass is 10.0. The van der Waals surface area contributed by atoms with Crippen LogP contribution >= 0.6 is 27.5 Å². The third-order valence-corrected chi connectivity index (χ3v) is 3.39. The second kappa shape index (κ2) is 7.07. The number of nitrogens with two attached hydrogens (primary N) is 1. The summed E-state index contributed by atoms with van der Waals surface area (Å²) in [6.45, 7) is 3.71.